The van der Waals surface area contributed by atoms with Crippen LogP contribution in [0.2, 0.25) is 0 Å². The molecule has 1 atom stereocenters. The van der Waals surface area contributed by atoms with Crippen LogP contribution in [0.25, 0.3) is 0 Å². The van der Waals surface area contributed by atoms with Crippen molar-refractivity contribution in [3.8, 4) is 0 Å². The maximum Gasteiger partial charge on any atom is 0.0124 e. The molecule has 5 rings (SSSR count). The number of hydrogen-bond donors (Lipinski definition) is 1. The van der Waals surface area contributed by atoms with Gasteiger partial charge in [0.15, 0.2) is 0 Å². The summed E-state index contributed by atoms with van der Waals surface area (Å²) in [5.41, 5.74) is 0.749. The number of rotatable bonds is 1. The summed E-state index contributed by atoms with van der Waals surface area (Å²) in [6.07, 6.45) is 15.4. The Hall–Kier alpha value is -0.0400. The zero-order chi connectivity index (χ0) is 11.3. The highest BCUT2D eigenvalue weighted by Gasteiger charge is 2.53. The lowest BCUT2D eigenvalue weighted by atomic mass is 9.47. The average molecular weight is 233 g/mol. The van der Waals surface area contributed by atoms with Crippen LogP contribution in [0, 0.1) is 23.2 Å². The fraction of sp³-hybridized carbons (Fsp3) is 1.00. The van der Waals surface area contributed by atoms with Gasteiger partial charge >= 0.3 is 0 Å². The van der Waals surface area contributed by atoms with Crippen molar-refractivity contribution in [1.29, 1.82) is 0 Å². The summed E-state index contributed by atoms with van der Waals surface area (Å²) < 4.78 is 0. The lowest BCUT2D eigenvalue weighted by Gasteiger charge is -2.59. The third-order valence-electron chi connectivity index (χ3n) is 6.39. The summed E-state index contributed by atoms with van der Waals surface area (Å²) in [4.78, 5) is 0. The minimum absolute atomic E-state index is 0.749. The SMILES string of the molecule is C1CCNC(C23CC4CC(CC(C4)C2)C3)CC1. The number of hydrogen-bond acceptors (Lipinski definition) is 1. The van der Waals surface area contributed by atoms with Gasteiger partial charge in [-0.15, -0.1) is 0 Å². The van der Waals surface area contributed by atoms with Gasteiger partial charge in [-0.2, -0.15) is 0 Å². The van der Waals surface area contributed by atoms with E-state index in [0.717, 1.165) is 29.2 Å². The van der Waals surface area contributed by atoms with Crippen molar-refractivity contribution in [2.45, 2.75) is 70.3 Å². The molecule has 0 aromatic rings. The Labute approximate surface area is 106 Å². The minimum Gasteiger partial charge on any atom is -0.313 e. The van der Waals surface area contributed by atoms with E-state index < -0.39 is 0 Å². The molecule has 0 radical (unpaired) electrons. The Bertz CT molecular complexity index is 253. The second-order valence-corrected chi connectivity index (χ2v) is 7.64. The lowest BCUT2D eigenvalue weighted by molar-refractivity contribution is -0.0744. The van der Waals surface area contributed by atoms with Crippen LogP contribution >= 0.6 is 0 Å². The van der Waals surface area contributed by atoms with E-state index >= 15 is 0 Å². The molecule has 0 aromatic carbocycles. The Balaban J connectivity index is 1.58. The molecular weight excluding hydrogens is 206 g/mol. The van der Waals surface area contributed by atoms with E-state index in [4.69, 9.17) is 0 Å². The predicted octanol–water partition coefficient (Wildman–Crippen LogP) is 3.74. The molecule has 1 N–H and O–H groups in total. The van der Waals surface area contributed by atoms with Crippen molar-refractivity contribution in [1.82, 2.24) is 5.32 Å². The van der Waals surface area contributed by atoms with Gasteiger partial charge in [-0.25, -0.2) is 0 Å². The zero-order valence-corrected chi connectivity index (χ0v) is 11.1. The van der Waals surface area contributed by atoms with E-state index in [0.29, 0.717) is 0 Å². The van der Waals surface area contributed by atoms with E-state index in [9.17, 15) is 0 Å². The van der Waals surface area contributed by atoms with Gasteiger partial charge in [-0.05, 0) is 81.1 Å². The molecule has 0 aromatic heterocycles. The summed E-state index contributed by atoms with van der Waals surface area (Å²) >= 11 is 0. The largest absolute Gasteiger partial charge is 0.313 e. The van der Waals surface area contributed by atoms with Crippen LogP contribution in [0.4, 0.5) is 0 Å². The Morgan fingerprint density at radius 1 is 0.765 bits per heavy atom. The van der Waals surface area contributed by atoms with E-state index in [1.54, 1.807) is 38.5 Å². The molecule has 96 valence electrons. The van der Waals surface area contributed by atoms with Crippen molar-refractivity contribution in [2.24, 2.45) is 23.2 Å². The molecule has 5 aliphatic rings. The summed E-state index contributed by atoms with van der Waals surface area (Å²) in [5.74, 6) is 3.35. The van der Waals surface area contributed by atoms with Gasteiger partial charge in [-0.1, -0.05) is 12.8 Å². The molecule has 1 heterocycles. The van der Waals surface area contributed by atoms with Crippen LogP contribution in [-0.4, -0.2) is 12.6 Å². The standard InChI is InChI=1S/C16H27N/c1-2-4-15(17-5-3-1)16-9-12-6-13(10-16)8-14(7-12)11-16/h12-15,17H,1-11H2. The van der Waals surface area contributed by atoms with Crippen LogP contribution in [0.15, 0.2) is 0 Å². The summed E-state index contributed by atoms with van der Waals surface area (Å²) in [6.45, 7) is 1.30. The molecule has 4 aliphatic carbocycles. The summed E-state index contributed by atoms with van der Waals surface area (Å²) in [6, 6.07) is 0.887. The van der Waals surface area contributed by atoms with Crippen molar-refractivity contribution >= 4 is 0 Å². The molecule has 1 aliphatic heterocycles. The first-order valence-corrected chi connectivity index (χ1v) is 8.07. The van der Waals surface area contributed by atoms with Gasteiger partial charge in [0.1, 0.15) is 0 Å². The third kappa shape index (κ3) is 1.77. The molecular formula is C16H27N. The monoisotopic (exact) mass is 233 g/mol. The van der Waals surface area contributed by atoms with Crippen LogP contribution in [0.5, 0.6) is 0 Å². The lowest BCUT2D eigenvalue weighted by Crippen LogP contribution is -2.55. The smallest absolute Gasteiger partial charge is 0.0124 e. The second kappa shape index (κ2) is 3.98. The van der Waals surface area contributed by atoms with Crippen LogP contribution < -0.4 is 5.32 Å². The Morgan fingerprint density at radius 3 is 2.06 bits per heavy atom. The van der Waals surface area contributed by atoms with E-state index in [2.05, 4.69) is 5.32 Å². The molecule has 4 saturated carbocycles. The fourth-order valence-corrected chi connectivity index (χ4v) is 6.16. The average Bonchev–Trinajstić information content (AvgIpc) is 2.55. The molecule has 1 unspecified atom stereocenters. The van der Waals surface area contributed by atoms with Crippen LogP contribution in [0.3, 0.4) is 0 Å². The molecule has 4 bridgehead atoms. The maximum absolute atomic E-state index is 3.94. The maximum atomic E-state index is 3.94. The van der Waals surface area contributed by atoms with Crippen molar-refractivity contribution in [3.05, 3.63) is 0 Å². The van der Waals surface area contributed by atoms with Gasteiger partial charge in [-0.3, -0.25) is 0 Å². The highest BCUT2D eigenvalue weighted by Crippen LogP contribution is 2.61. The highest BCUT2D eigenvalue weighted by molar-refractivity contribution is 5.06. The molecule has 5 fully saturated rings. The molecule has 1 nitrogen and oxygen atoms in total. The first-order valence-electron chi connectivity index (χ1n) is 8.07. The van der Waals surface area contributed by atoms with Gasteiger partial charge in [0.2, 0.25) is 0 Å². The Morgan fingerprint density at radius 2 is 1.41 bits per heavy atom. The summed E-state index contributed by atoms with van der Waals surface area (Å²) in [7, 11) is 0. The van der Waals surface area contributed by atoms with Crippen molar-refractivity contribution in [2.75, 3.05) is 6.54 Å². The molecule has 17 heavy (non-hydrogen) atoms. The second-order valence-electron chi connectivity index (χ2n) is 7.64. The minimum atomic E-state index is 0.749. The first kappa shape index (κ1) is 10.8. The van der Waals surface area contributed by atoms with E-state index in [-0.39, 0.29) is 0 Å². The fourth-order valence-electron chi connectivity index (χ4n) is 6.16. The Kier molecular flexibility index (Phi) is 2.54. The van der Waals surface area contributed by atoms with Gasteiger partial charge in [0.25, 0.3) is 0 Å². The van der Waals surface area contributed by atoms with Crippen LogP contribution in [-0.2, 0) is 0 Å². The van der Waals surface area contributed by atoms with E-state index in [1.807, 2.05) is 0 Å². The molecule has 0 spiro atoms. The predicted molar refractivity (Wildman–Crippen MR) is 70.9 cm³/mol. The summed E-state index contributed by atoms with van der Waals surface area (Å²) in [5, 5.41) is 3.94. The van der Waals surface area contributed by atoms with Gasteiger partial charge in [0, 0.05) is 6.04 Å². The highest BCUT2D eigenvalue weighted by atomic mass is 14.9. The normalized spacial score (nSPS) is 53.6. The molecule has 1 saturated heterocycles. The van der Waals surface area contributed by atoms with Crippen molar-refractivity contribution in [3.63, 3.8) is 0 Å². The molecule has 0 amide bonds. The van der Waals surface area contributed by atoms with Gasteiger partial charge in [0.05, 0.1) is 0 Å². The van der Waals surface area contributed by atoms with Gasteiger partial charge < -0.3 is 5.32 Å². The topological polar surface area (TPSA) is 12.0 Å². The number of nitrogens with one attached hydrogen (secondary N) is 1. The molecule has 1 heteroatoms. The van der Waals surface area contributed by atoms with Crippen molar-refractivity contribution < 1.29 is 0 Å². The van der Waals surface area contributed by atoms with E-state index in [1.165, 1.54) is 32.2 Å². The third-order valence-corrected chi connectivity index (χ3v) is 6.39. The quantitative estimate of drug-likeness (QED) is 0.727. The van der Waals surface area contributed by atoms with Crippen LogP contribution in [0.1, 0.15) is 64.2 Å². The first-order chi connectivity index (χ1) is 8.34. The zero-order valence-electron chi connectivity index (χ0n) is 11.1.